The molecule has 0 aromatic heterocycles. The van der Waals surface area contributed by atoms with E-state index in [1.54, 1.807) is 0 Å². The van der Waals surface area contributed by atoms with E-state index in [1.807, 2.05) is 13.8 Å². The Hall–Kier alpha value is -0.860. The van der Waals surface area contributed by atoms with Crippen molar-refractivity contribution in [3.63, 3.8) is 0 Å². The van der Waals surface area contributed by atoms with Gasteiger partial charge in [-0.25, -0.2) is 0 Å². The zero-order valence-electron chi connectivity index (χ0n) is 7.62. The maximum atomic E-state index is 10.5. The first kappa shape index (κ1) is 11.1. The number of aliphatic carboxylic acids is 1. The number of carbonyl (C=O) groups excluding carboxylic acids is 1. The Kier molecular flexibility index (Phi) is 5.34. The Morgan fingerprint density at radius 3 is 2.33 bits per heavy atom. The van der Waals surface area contributed by atoms with Gasteiger partial charge in [0.1, 0.15) is 6.29 Å². The third-order valence-electron chi connectivity index (χ3n) is 1.82. The predicted molar refractivity (Wildman–Crippen MR) is 45.9 cm³/mol. The lowest BCUT2D eigenvalue weighted by molar-refractivity contribution is -0.143. The van der Waals surface area contributed by atoms with Crippen molar-refractivity contribution in [1.82, 2.24) is 0 Å². The summed E-state index contributed by atoms with van der Waals surface area (Å²) in [5.74, 6) is -0.842. The molecule has 1 unspecified atom stereocenters. The van der Waals surface area contributed by atoms with Crippen LogP contribution in [0.15, 0.2) is 0 Å². The molecule has 0 heterocycles. The molecule has 0 radical (unpaired) electrons. The zero-order valence-corrected chi connectivity index (χ0v) is 7.62. The molecule has 0 aromatic carbocycles. The van der Waals surface area contributed by atoms with E-state index in [0.29, 0.717) is 18.6 Å². The van der Waals surface area contributed by atoms with Crippen molar-refractivity contribution in [1.29, 1.82) is 0 Å². The third-order valence-corrected chi connectivity index (χ3v) is 1.82. The van der Waals surface area contributed by atoms with E-state index in [0.717, 1.165) is 6.42 Å². The fourth-order valence-electron chi connectivity index (χ4n) is 0.993. The average Bonchev–Trinajstić information content (AvgIpc) is 1.96. The van der Waals surface area contributed by atoms with E-state index in [4.69, 9.17) is 5.11 Å². The molecule has 0 aliphatic rings. The lowest BCUT2D eigenvalue weighted by atomic mass is 9.96. The molecule has 0 saturated carbocycles. The van der Waals surface area contributed by atoms with Gasteiger partial charge in [-0.3, -0.25) is 4.79 Å². The van der Waals surface area contributed by atoms with E-state index >= 15 is 0 Å². The van der Waals surface area contributed by atoms with E-state index < -0.39 is 11.9 Å². The van der Waals surface area contributed by atoms with Crippen molar-refractivity contribution < 1.29 is 14.7 Å². The van der Waals surface area contributed by atoms with Crippen LogP contribution in [0.4, 0.5) is 0 Å². The van der Waals surface area contributed by atoms with Crippen LogP contribution in [0.25, 0.3) is 0 Å². The Bertz CT molecular complexity index is 152. The Morgan fingerprint density at radius 2 is 2.00 bits per heavy atom. The first-order valence-electron chi connectivity index (χ1n) is 4.24. The van der Waals surface area contributed by atoms with Gasteiger partial charge >= 0.3 is 5.97 Å². The molecule has 1 N–H and O–H groups in total. The SMILES string of the molecule is CC(C)CCC(CC=O)C(=O)O. The highest BCUT2D eigenvalue weighted by Gasteiger charge is 2.16. The van der Waals surface area contributed by atoms with Gasteiger partial charge < -0.3 is 9.90 Å². The van der Waals surface area contributed by atoms with E-state index in [2.05, 4.69) is 0 Å². The molecule has 0 rings (SSSR count). The summed E-state index contributed by atoms with van der Waals surface area (Å²) in [7, 11) is 0. The van der Waals surface area contributed by atoms with Gasteiger partial charge in [-0.05, 0) is 12.3 Å². The fourth-order valence-corrected chi connectivity index (χ4v) is 0.993. The molecule has 3 heteroatoms. The molecular formula is C9H16O3. The summed E-state index contributed by atoms with van der Waals surface area (Å²) < 4.78 is 0. The van der Waals surface area contributed by atoms with E-state index in [9.17, 15) is 9.59 Å². The molecule has 0 amide bonds. The van der Waals surface area contributed by atoms with Gasteiger partial charge in [-0.1, -0.05) is 20.3 Å². The predicted octanol–water partition coefficient (Wildman–Crippen LogP) is 1.71. The van der Waals surface area contributed by atoms with Crippen molar-refractivity contribution in [3.05, 3.63) is 0 Å². The van der Waals surface area contributed by atoms with E-state index in [1.165, 1.54) is 0 Å². The minimum Gasteiger partial charge on any atom is -0.481 e. The molecular weight excluding hydrogens is 156 g/mol. The van der Waals surface area contributed by atoms with Crippen LogP contribution in [0, 0.1) is 11.8 Å². The second kappa shape index (κ2) is 5.75. The molecule has 3 nitrogen and oxygen atoms in total. The largest absolute Gasteiger partial charge is 0.481 e. The Morgan fingerprint density at radius 1 is 1.42 bits per heavy atom. The van der Waals surface area contributed by atoms with Crippen molar-refractivity contribution >= 4 is 12.3 Å². The number of carboxylic acid groups (broad SMARTS) is 1. The van der Waals surface area contributed by atoms with Gasteiger partial charge in [-0.15, -0.1) is 0 Å². The van der Waals surface area contributed by atoms with Gasteiger partial charge in [0, 0.05) is 6.42 Å². The van der Waals surface area contributed by atoms with Gasteiger partial charge in [-0.2, -0.15) is 0 Å². The summed E-state index contributed by atoms with van der Waals surface area (Å²) in [6.07, 6.45) is 2.29. The second-order valence-corrected chi connectivity index (χ2v) is 3.41. The average molecular weight is 172 g/mol. The van der Waals surface area contributed by atoms with Crippen LogP contribution in [0.3, 0.4) is 0 Å². The Balaban J connectivity index is 3.78. The minimum absolute atomic E-state index is 0.141. The summed E-state index contributed by atoms with van der Waals surface area (Å²) in [5, 5.41) is 8.66. The van der Waals surface area contributed by atoms with E-state index in [-0.39, 0.29) is 6.42 Å². The van der Waals surface area contributed by atoms with Crippen molar-refractivity contribution in [3.8, 4) is 0 Å². The maximum absolute atomic E-state index is 10.5. The Labute approximate surface area is 72.8 Å². The molecule has 70 valence electrons. The first-order chi connectivity index (χ1) is 5.57. The van der Waals surface area contributed by atoms with Gasteiger partial charge in [0.15, 0.2) is 0 Å². The molecule has 0 spiro atoms. The topological polar surface area (TPSA) is 54.4 Å². The lowest BCUT2D eigenvalue weighted by Crippen LogP contribution is -2.14. The van der Waals surface area contributed by atoms with Crippen LogP contribution in [-0.2, 0) is 9.59 Å². The van der Waals surface area contributed by atoms with Crippen LogP contribution >= 0.6 is 0 Å². The highest BCUT2D eigenvalue weighted by atomic mass is 16.4. The van der Waals surface area contributed by atoms with Crippen molar-refractivity contribution in [2.24, 2.45) is 11.8 Å². The molecule has 12 heavy (non-hydrogen) atoms. The van der Waals surface area contributed by atoms with Crippen LogP contribution < -0.4 is 0 Å². The normalized spacial score (nSPS) is 12.9. The van der Waals surface area contributed by atoms with Crippen LogP contribution in [0.1, 0.15) is 33.1 Å². The van der Waals surface area contributed by atoms with Gasteiger partial charge in [0.05, 0.1) is 5.92 Å². The molecule has 0 aliphatic heterocycles. The smallest absolute Gasteiger partial charge is 0.306 e. The number of hydrogen-bond acceptors (Lipinski definition) is 2. The molecule has 0 aromatic rings. The summed E-state index contributed by atoms with van der Waals surface area (Å²) in [6.45, 7) is 4.08. The molecule has 0 aliphatic carbocycles. The van der Waals surface area contributed by atoms with Crippen molar-refractivity contribution in [2.45, 2.75) is 33.1 Å². The fraction of sp³-hybridized carbons (Fsp3) is 0.778. The minimum atomic E-state index is -0.859. The molecule has 0 bridgehead atoms. The van der Waals surface area contributed by atoms with Crippen LogP contribution in [0.2, 0.25) is 0 Å². The van der Waals surface area contributed by atoms with Gasteiger partial charge in [0.2, 0.25) is 0 Å². The lowest BCUT2D eigenvalue weighted by Gasteiger charge is -2.09. The van der Waals surface area contributed by atoms with Crippen LogP contribution in [-0.4, -0.2) is 17.4 Å². The highest BCUT2D eigenvalue weighted by molar-refractivity contribution is 5.73. The monoisotopic (exact) mass is 172 g/mol. The number of aldehydes is 1. The second-order valence-electron chi connectivity index (χ2n) is 3.41. The molecule has 1 atom stereocenters. The quantitative estimate of drug-likeness (QED) is 0.620. The first-order valence-corrected chi connectivity index (χ1v) is 4.24. The third kappa shape index (κ3) is 4.88. The standard InChI is InChI=1S/C9H16O3/c1-7(2)3-4-8(5-6-10)9(11)12/h6-8H,3-5H2,1-2H3,(H,11,12). The summed E-state index contributed by atoms with van der Waals surface area (Å²) in [5.41, 5.74) is 0. The highest BCUT2D eigenvalue weighted by Crippen LogP contribution is 2.14. The number of hydrogen-bond donors (Lipinski definition) is 1. The molecule has 0 fully saturated rings. The van der Waals surface area contributed by atoms with Crippen molar-refractivity contribution in [2.75, 3.05) is 0 Å². The molecule has 0 saturated heterocycles. The maximum Gasteiger partial charge on any atom is 0.306 e. The van der Waals surface area contributed by atoms with Crippen LogP contribution in [0.5, 0.6) is 0 Å². The summed E-state index contributed by atoms with van der Waals surface area (Å²) in [4.78, 5) is 20.6. The zero-order chi connectivity index (χ0) is 9.56. The number of rotatable bonds is 6. The summed E-state index contributed by atoms with van der Waals surface area (Å²) in [6, 6.07) is 0. The van der Waals surface area contributed by atoms with Gasteiger partial charge in [0.25, 0.3) is 0 Å². The summed E-state index contributed by atoms with van der Waals surface area (Å²) >= 11 is 0. The number of carboxylic acids is 1. The number of carbonyl (C=O) groups is 2.